The summed E-state index contributed by atoms with van der Waals surface area (Å²) < 4.78 is 0. The fourth-order valence-electron chi connectivity index (χ4n) is 3.50. The van der Waals surface area contributed by atoms with E-state index in [2.05, 4.69) is 31.0 Å². The topological polar surface area (TPSA) is 35.5 Å². The maximum absolute atomic E-state index is 9.02. The van der Waals surface area contributed by atoms with E-state index >= 15 is 0 Å². The van der Waals surface area contributed by atoms with E-state index in [1.54, 1.807) is 0 Å². The number of rotatable bonds is 10. The molecule has 19 heavy (non-hydrogen) atoms. The molecule has 1 fully saturated rings. The second-order valence-corrected chi connectivity index (χ2v) is 6.47. The smallest absolute Gasteiger partial charge is 0.0431 e. The number of nitrogens with one attached hydrogen (secondary N) is 1. The first kappa shape index (κ1) is 16.9. The van der Waals surface area contributed by atoms with Crippen LogP contribution in [0.2, 0.25) is 0 Å². The zero-order valence-electron chi connectivity index (χ0n) is 13.2. The first-order chi connectivity index (χ1) is 9.15. The number of nitrogens with zero attached hydrogens (tertiary/aromatic N) is 1. The number of aliphatic hydroxyl groups excluding tert-OH is 1. The van der Waals surface area contributed by atoms with Crippen molar-refractivity contribution in [1.82, 2.24) is 10.2 Å². The quantitative estimate of drug-likeness (QED) is 0.640. The Morgan fingerprint density at radius 3 is 2.79 bits per heavy atom. The Hall–Kier alpha value is -0.120. The van der Waals surface area contributed by atoms with Crippen LogP contribution in [0.1, 0.15) is 59.3 Å². The third-order valence-corrected chi connectivity index (χ3v) is 4.43. The van der Waals surface area contributed by atoms with Crippen LogP contribution in [0.4, 0.5) is 0 Å². The molecule has 1 rings (SSSR count). The van der Waals surface area contributed by atoms with Gasteiger partial charge in [-0.2, -0.15) is 0 Å². The Morgan fingerprint density at radius 2 is 2.16 bits per heavy atom. The second-order valence-electron chi connectivity index (χ2n) is 6.47. The first-order valence-electron chi connectivity index (χ1n) is 8.21. The summed E-state index contributed by atoms with van der Waals surface area (Å²) in [6.45, 7) is 11.9. The number of hydrogen-bond donors (Lipinski definition) is 2. The van der Waals surface area contributed by atoms with Gasteiger partial charge >= 0.3 is 0 Å². The molecule has 1 aliphatic rings. The highest BCUT2D eigenvalue weighted by Gasteiger charge is 2.31. The molecule has 0 amide bonds. The van der Waals surface area contributed by atoms with Gasteiger partial charge in [-0.15, -0.1) is 0 Å². The van der Waals surface area contributed by atoms with Crippen LogP contribution in [-0.2, 0) is 0 Å². The zero-order chi connectivity index (χ0) is 14.1. The summed E-state index contributed by atoms with van der Waals surface area (Å²) in [6.07, 6.45) is 7.34. The van der Waals surface area contributed by atoms with Crippen LogP contribution in [0, 0.1) is 5.41 Å². The molecule has 1 aliphatic heterocycles. The highest BCUT2D eigenvalue weighted by Crippen LogP contribution is 2.29. The molecule has 0 aromatic heterocycles. The molecule has 3 heteroatoms. The summed E-state index contributed by atoms with van der Waals surface area (Å²) in [4.78, 5) is 2.68. The minimum absolute atomic E-state index is 0.341. The molecule has 0 bridgehead atoms. The molecule has 0 aromatic rings. The minimum atomic E-state index is 0.341. The third kappa shape index (κ3) is 5.80. The lowest BCUT2D eigenvalue weighted by Gasteiger charge is -2.37. The molecular weight excluding hydrogens is 236 g/mol. The van der Waals surface area contributed by atoms with Gasteiger partial charge in [0.1, 0.15) is 0 Å². The summed E-state index contributed by atoms with van der Waals surface area (Å²) in [5.41, 5.74) is 0.395. The van der Waals surface area contributed by atoms with E-state index in [1.165, 1.54) is 45.2 Å². The number of likely N-dealkylation sites (tertiary alicyclic amines) is 1. The standard InChI is InChI=1S/C16H34N2O/c1-4-10-16(3,13-17-5-2)14-18-11-6-8-15(18)9-7-12-19/h15,17,19H,4-14H2,1-3H3. The number of hydrogen-bond acceptors (Lipinski definition) is 3. The predicted molar refractivity (Wildman–Crippen MR) is 82.5 cm³/mol. The van der Waals surface area contributed by atoms with Gasteiger partial charge in [0.15, 0.2) is 0 Å². The minimum Gasteiger partial charge on any atom is -0.396 e. The van der Waals surface area contributed by atoms with E-state index in [0.29, 0.717) is 18.1 Å². The Bertz CT molecular complexity index is 235. The summed E-state index contributed by atoms with van der Waals surface area (Å²) in [6, 6.07) is 0.713. The van der Waals surface area contributed by atoms with Crippen LogP contribution in [0.3, 0.4) is 0 Å². The number of aliphatic hydroxyl groups is 1. The van der Waals surface area contributed by atoms with E-state index in [1.807, 2.05) is 0 Å². The van der Waals surface area contributed by atoms with Crippen molar-refractivity contribution in [3.05, 3.63) is 0 Å². The van der Waals surface area contributed by atoms with Gasteiger partial charge in [-0.3, -0.25) is 4.90 Å². The summed E-state index contributed by atoms with van der Waals surface area (Å²) in [5.74, 6) is 0. The van der Waals surface area contributed by atoms with Crippen molar-refractivity contribution in [2.45, 2.75) is 65.3 Å². The SMILES string of the molecule is CCCC(C)(CNCC)CN1CCCC1CCCO. The van der Waals surface area contributed by atoms with E-state index < -0.39 is 0 Å². The van der Waals surface area contributed by atoms with E-state index in [-0.39, 0.29) is 0 Å². The van der Waals surface area contributed by atoms with Crippen molar-refractivity contribution in [1.29, 1.82) is 0 Å². The van der Waals surface area contributed by atoms with Crippen LogP contribution in [0.25, 0.3) is 0 Å². The maximum atomic E-state index is 9.02. The van der Waals surface area contributed by atoms with Gasteiger partial charge in [-0.05, 0) is 50.6 Å². The lowest BCUT2D eigenvalue weighted by atomic mass is 9.84. The normalized spacial score (nSPS) is 23.7. The van der Waals surface area contributed by atoms with Crippen molar-refractivity contribution in [3.63, 3.8) is 0 Å². The largest absolute Gasteiger partial charge is 0.396 e. The average molecular weight is 270 g/mol. The Balaban J connectivity index is 2.51. The average Bonchev–Trinajstić information content (AvgIpc) is 2.81. The summed E-state index contributed by atoms with van der Waals surface area (Å²) in [7, 11) is 0. The lowest BCUT2D eigenvalue weighted by Crippen LogP contribution is -2.44. The fourth-order valence-corrected chi connectivity index (χ4v) is 3.50. The Morgan fingerprint density at radius 1 is 1.37 bits per heavy atom. The second kappa shape index (κ2) is 8.93. The molecule has 0 radical (unpaired) electrons. The highest BCUT2D eigenvalue weighted by atomic mass is 16.2. The molecule has 0 spiro atoms. The van der Waals surface area contributed by atoms with Gasteiger partial charge in [0.05, 0.1) is 0 Å². The molecule has 2 N–H and O–H groups in total. The first-order valence-corrected chi connectivity index (χ1v) is 8.21. The Kier molecular flexibility index (Phi) is 7.96. The third-order valence-electron chi connectivity index (χ3n) is 4.43. The van der Waals surface area contributed by atoms with Crippen molar-refractivity contribution < 1.29 is 5.11 Å². The van der Waals surface area contributed by atoms with Crippen molar-refractivity contribution >= 4 is 0 Å². The van der Waals surface area contributed by atoms with Gasteiger partial charge in [-0.25, -0.2) is 0 Å². The summed E-state index contributed by atoms with van der Waals surface area (Å²) in [5, 5.41) is 12.6. The van der Waals surface area contributed by atoms with Crippen LogP contribution in [0.15, 0.2) is 0 Å². The van der Waals surface area contributed by atoms with Gasteiger partial charge in [0.25, 0.3) is 0 Å². The van der Waals surface area contributed by atoms with E-state index in [9.17, 15) is 0 Å². The maximum Gasteiger partial charge on any atom is 0.0431 e. The lowest BCUT2D eigenvalue weighted by molar-refractivity contribution is 0.130. The molecule has 2 atom stereocenters. The predicted octanol–water partition coefficient (Wildman–Crippen LogP) is 2.64. The van der Waals surface area contributed by atoms with Crippen LogP contribution >= 0.6 is 0 Å². The molecule has 0 aliphatic carbocycles. The van der Waals surface area contributed by atoms with E-state index in [4.69, 9.17) is 5.11 Å². The van der Waals surface area contributed by atoms with Crippen LogP contribution < -0.4 is 5.32 Å². The zero-order valence-corrected chi connectivity index (χ0v) is 13.2. The van der Waals surface area contributed by atoms with Gasteiger partial charge < -0.3 is 10.4 Å². The van der Waals surface area contributed by atoms with Gasteiger partial charge in [-0.1, -0.05) is 27.2 Å². The molecule has 1 heterocycles. The molecule has 0 saturated carbocycles. The molecule has 1 saturated heterocycles. The highest BCUT2D eigenvalue weighted by molar-refractivity contribution is 4.87. The molecule has 0 aromatic carbocycles. The Labute approximate surface area is 119 Å². The summed E-state index contributed by atoms with van der Waals surface area (Å²) >= 11 is 0. The van der Waals surface area contributed by atoms with Gasteiger partial charge in [0, 0.05) is 25.7 Å². The van der Waals surface area contributed by atoms with Crippen LogP contribution in [0.5, 0.6) is 0 Å². The van der Waals surface area contributed by atoms with Crippen LogP contribution in [-0.4, -0.2) is 48.8 Å². The monoisotopic (exact) mass is 270 g/mol. The molecular formula is C16H34N2O. The molecule has 3 nitrogen and oxygen atoms in total. The van der Waals surface area contributed by atoms with Crippen molar-refractivity contribution in [2.75, 3.05) is 32.8 Å². The molecule has 114 valence electrons. The van der Waals surface area contributed by atoms with E-state index in [0.717, 1.165) is 19.5 Å². The van der Waals surface area contributed by atoms with Crippen molar-refractivity contribution in [2.24, 2.45) is 5.41 Å². The van der Waals surface area contributed by atoms with Crippen molar-refractivity contribution in [3.8, 4) is 0 Å². The van der Waals surface area contributed by atoms with Gasteiger partial charge in [0.2, 0.25) is 0 Å². The fraction of sp³-hybridized carbons (Fsp3) is 1.00. The molecule has 2 unspecified atom stereocenters.